The third-order valence-corrected chi connectivity index (χ3v) is 15.9. The van der Waals surface area contributed by atoms with Gasteiger partial charge in [0, 0.05) is 61.1 Å². The van der Waals surface area contributed by atoms with Crippen molar-refractivity contribution in [2.75, 3.05) is 4.90 Å². The first-order valence-electron chi connectivity index (χ1n) is 25.4. The first-order valence-corrected chi connectivity index (χ1v) is 25.4. The van der Waals surface area contributed by atoms with Crippen LogP contribution in [-0.2, 0) is 16.2 Å². The molecule has 0 saturated heterocycles. The fourth-order valence-electron chi connectivity index (χ4n) is 12.2. The molecular formula is C66H64BN3. The fourth-order valence-corrected chi connectivity index (χ4v) is 12.2. The van der Waals surface area contributed by atoms with E-state index in [0.717, 1.165) is 0 Å². The monoisotopic (exact) mass is 910 g/mol. The van der Waals surface area contributed by atoms with Gasteiger partial charge in [-0.1, -0.05) is 178 Å². The van der Waals surface area contributed by atoms with E-state index in [1.165, 1.54) is 139 Å². The number of fused-ring (bicyclic) bond motifs is 8. The Labute approximate surface area is 415 Å². The summed E-state index contributed by atoms with van der Waals surface area (Å²) < 4.78 is 5.46. The van der Waals surface area contributed by atoms with Crippen molar-refractivity contribution >= 4 is 67.5 Å². The molecule has 2 aromatic heterocycles. The average molecular weight is 910 g/mol. The lowest BCUT2D eigenvalue weighted by molar-refractivity contribution is 0.590. The van der Waals surface area contributed by atoms with Gasteiger partial charge in [0.2, 0.25) is 0 Å². The zero-order valence-corrected chi connectivity index (χ0v) is 43.4. The molecule has 0 amide bonds. The Kier molecular flexibility index (Phi) is 9.62. The van der Waals surface area contributed by atoms with E-state index in [1.54, 1.807) is 0 Å². The zero-order chi connectivity index (χ0) is 48.9. The van der Waals surface area contributed by atoms with Crippen LogP contribution in [0.1, 0.15) is 101 Å². The third kappa shape index (κ3) is 6.41. The van der Waals surface area contributed by atoms with E-state index < -0.39 is 0 Å². The number of aromatic nitrogens is 2. The summed E-state index contributed by atoms with van der Waals surface area (Å²) in [4.78, 5) is 2.60. The van der Waals surface area contributed by atoms with Crippen LogP contribution in [-0.4, -0.2) is 15.9 Å². The lowest BCUT2D eigenvalue weighted by Crippen LogP contribution is -2.57. The molecule has 2 aliphatic heterocycles. The van der Waals surface area contributed by atoms with Crippen LogP contribution in [0.15, 0.2) is 152 Å². The van der Waals surface area contributed by atoms with Crippen molar-refractivity contribution in [2.24, 2.45) is 0 Å². The van der Waals surface area contributed by atoms with Crippen LogP contribution in [0, 0.1) is 27.7 Å². The number of hydrogen-bond donors (Lipinski definition) is 0. The van der Waals surface area contributed by atoms with E-state index in [1.807, 2.05) is 0 Å². The summed E-state index contributed by atoms with van der Waals surface area (Å²) in [6.45, 7) is 30.2. The Morgan fingerprint density at radius 2 is 1.01 bits per heavy atom. The first-order chi connectivity index (χ1) is 33.3. The molecule has 8 aromatic carbocycles. The summed E-state index contributed by atoms with van der Waals surface area (Å²) in [5.74, 6) is 0. The van der Waals surface area contributed by atoms with Gasteiger partial charge in [-0.15, -0.1) is 0 Å². The van der Waals surface area contributed by atoms with Gasteiger partial charge in [0.05, 0.1) is 16.7 Å². The van der Waals surface area contributed by atoms with Gasteiger partial charge in [0.25, 0.3) is 0 Å². The van der Waals surface area contributed by atoms with E-state index in [4.69, 9.17) is 0 Å². The summed E-state index contributed by atoms with van der Waals surface area (Å²) in [6, 6.07) is 58.7. The number of para-hydroxylation sites is 2. The lowest BCUT2D eigenvalue weighted by Gasteiger charge is -2.42. The minimum absolute atomic E-state index is 0.0347. The van der Waals surface area contributed by atoms with Crippen LogP contribution in [0.3, 0.4) is 0 Å². The van der Waals surface area contributed by atoms with Crippen molar-refractivity contribution in [3.63, 3.8) is 0 Å². The van der Waals surface area contributed by atoms with Gasteiger partial charge in [0.1, 0.15) is 0 Å². The van der Waals surface area contributed by atoms with Crippen molar-refractivity contribution < 1.29 is 0 Å². The smallest absolute Gasteiger partial charge is 0.333 e. The van der Waals surface area contributed by atoms with E-state index in [9.17, 15) is 0 Å². The number of hydrogen-bond acceptors (Lipinski definition) is 1. The minimum atomic E-state index is -0.140. The normalized spacial score (nSPS) is 13.4. The van der Waals surface area contributed by atoms with Crippen LogP contribution in [0.2, 0.25) is 0 Å². The van der Waals surface area contributed by atoms with E-state index >= 15 is 0 Å². The van der Waals surface area contributed by atoms with Crippen LogP contribution >= 0.6 is 0 Å². The molecule has 4 heterocycles. The molecule has 0 bridgehead atoms. The summed E-state index contributed by atoms with van der Waals surface area (Å²) in [5.41, 5.74) is 28.0. The second-order valence-corrected chi connectivity index (χ2v) is 23.6. The summed E-state index contributed by atoms with van der Waals surface area (Å²) in [5, 5.41) is 3.85. The zero-order valence-electron chi connectivity index (χ0n) is 43.4. The van der Waals surface area contributed by atoms with Gasteiger partial charge in [-0.3, -0.25) is 0 Å². The highest BCUT2D eigenvalue weighted by molar-refractivity contribution is 6.90. The second-order valence-electron chi connectivity index (χ2n) is 23.6. The van der Waals surface area contributed by atoms with Crippen LogP contribution in [0.4, 0.5) is 17.1 Å². The molecule has 0 spiro atoms. The standard InChI is InChI=1S/C66H64BN3/c1-39-21-14-16-25-47(39)57-58-61-51(49-27-18-19-28-54(49)69(61)60-41(3)23-20-24-42(60)4)38-52-50-35-45(66(11,12)13)37-56-59(50)67(70(63(52)58)62(57)48-26-17-15-22-40(48)2)53-36-44(65(8,9)10)31-34-55(53)68(56)46-32-29-43(30-33-46)64(5,6)7/h14-38H,1-13H3. The van der Waals surface area contributed by atoms with Crippen molar-refractivity contribution in [2.45, 2.75) is 106 Å². The molecule has 0 unspecified atom stereocenters. The predicted octanol–water partition coefficient (Wildman–Crippen LogP) is 16.6. The van der Waals surface area contributed by atoms with Gasteiger partial charge in [0.15, 0.2) is 0 Å². The van der Waals surface area contributed by atoms with Crippen molar-refractivity contribution in [1.29, 1.82) is 0 Å². The number of aryl methyl sites for hydroxylation is 4. The fraction of sp³-hybridized carbons (Fsp3) is 0.242. The van der Waals surface area contributed by atoms with Crippen LogP contribution in [0.25, 0.3) is 71.9 Å². The molecule has 346 valence electrons. The van der Waals surface area contributed by atoms with Crippen molar-refractivity contribution in [3.8, 4) is 39.2 Å². The molecule has 12 rings (SSSR count). The van der Waals surface area contributed by atoms with Gasteiger partial charge >= 0.3 is 6.85 Å². The largest absolute Gasteiger partial charge is 0.375 e. The number of nitrogens with zero attached hydrogens (tertiary/aromatic N) is 3. The Hall–Kier alpha value is -7.04. The second kappa shape index (κ2) is 15.2. The molecule has 2 aliphatic rings. The maximum Gasteiger partial charge on any atom is 0.333 e. The number of benzene rings is 8. The summed E-state index contributed by atoms with van der Waals surface area (Å²) in [6.07, 6.45) is 0. The van der Waals surface area contributed by atoms with E-state index in [2.05, 4.69) is 256 Å². The molecule has 0 saturated carbocycles. The quantitative estimate of drug-likeness (QED) is 0.160. The van der Waals surface area contributed by atoms with Crippen molar-refractivity contribution in [3.05, 3.63) is 191 Å². The highest BCUT2D eigenvalue weighted by Gasteiger charge is 2.46. The first kappa shape index (κ1) is 44.2. The third-order valence-electron chi connectivity index (χ3n) is 15.9. The lowest BCUT2D eigenvalue weighted by atomic mass is 9.44. The molecule has 0 N–H and O–H groups in total. The highest BCUT2D eigenvalue weighted by atomic mass is 15.2. The van der Waals surface area contributed by atoms with E-state index in [0.29, 0.717) is 0 Å². The highest BCUT2D eigenvalue weighted by Crippen LogP contribution is 2.55. The summed E-state index contributed by atoms with van der Waals surface area (Å²) >= 11 is 0. The van der Waals surface area contributed by atoms with Gasteiger partial charge in [-0.2, -0.15) is 0 Å². The molecule has 0 atom stereocenters. The van der Waals surface area contributed by atoms with Crippen LogP contribution < -0.4 is 15.8 Å². The Balaban J connectivity index is 1.37. The maximum absolute atomic E-state index is 2.83. The molecule has 4 heteroatoms. The van der Waals surface area contributed by atoms with Gasteiger partial charge in [-0.05, 0) is 141 Å². The minimum Gasteiger partial charge on any atom is -0.375 e. The molecule has 10 aromatic rings. The van der Waals surface area contributed by atoms with Gasteiger partial charge in [-0.25, -0.2) is 0 Å². The predicted molar refractivity (Wildman–Crippen MR) is 303 cm³/mol. The molecular weight excluding hydrogens is 846 g/mol. The average Bonchev–Trinajstić information content (AvgIpc) is 3.83. The molecule has 70 heavy (non-hydrogen) atoms. The SMILES string of the molecule is Cc1ccccc1-c1c(-c2ccccc2C)n2c3c(cc4c5ccccc5n(-c5c(C)cccc5C)c4c13)-c1cc(C(C)(C)C)cc3c1B2c1cc(C(C)(C)C)ccc1N3c1ccc(C(C)(C)C)cc1. The Morgan fingerprint density at radius 1 is 0.429 bits per heavy atom. The van der Waals surface area contributed by atoms with Crippen molar-refractivity contribution in [1.82, 2.24) is 9.05 Å². The molecule has 0 radical (unpaired) electrons. The van der Waals surface area contributed by atoms with Crippen LogP contribution in [0.5, 0.6) is 0 Å². The number of rotatable bonds is 4. The van der Waals surface area contributed by atoms with E-state index in [-0.39, 0.29) is 23.1 Å². The molecule has 0 fully saturated rings. The maximum atomic E-state index is 2.83. The summed E-state index contributed by atoms with van der Waals surface area (Å²) in [7, 11) is 0. The Morgan fingerprint density at radius 3 is 1.66 bits per heavy atom. The molecule has 0 aliphatic carbocycles. The number of anilines is 3. The Bertz CT molecular complexity index is 3800. The van der Waals surface area contributed by atoms with Gasteiger partial charge < -0.3 is 13.9 Å². The molecule has 3 nitrogen and oxygen atoms in total. The topological polar surface area (TPSA) is 13.1 Å².